The number of halogens is 2. The highest BCUT2D eigenvalue weighted by Gasteiger charge is 2.36. The van der Waals surface area contributed by atoms with Gasteiger partial charge in [0.15, 0.2) is 0 Å². The zero-order chi connectivity index (χ0) is 14.6. The summed E-state index contributed by atoms with van der Waals surface area (Å²) >= 11 is 0. The summed E-state index contributed by atoms with van der Waals surface area (Å²) < 4.78 is 26.2. The van der Waals surface area contributed by atoms with Crippen LogP contribution in [-0.4, -0.2) is 13.7 Å². The molecule has 102 valence electrons. The van der Waals surface area contributed by atoms with Crippen LogP contribution in [-0.2, 0) is 0 Å². The molecule has 0 atom stereocenters. The molecule has 0 bridgehead atoms. The molecule has 0 heterocycles. The van der Waals surface area contributed by atoms with Gasteiger partial charge < -0.3 is 0 Å². The molecule has 0 aliphatic carbocycles. The molecule has 2 radical (unpaired) electrons. The molecule has 0 nitrogen and oxygen atoms in total. The van der Waals surface area contributed by atoms with E-state index in [9.17, 15) is 8.78 Å². The smallest absolute Gasteiger partial charge is 0.207 e. The Bertz CT molecular complexity index is 506. The number of hydrogen-bond donors (Lipinski definition) is 0. The second-order valence-electron chi connectivity index (χ2n) is 4.90. The monoisotopic (exact) mass is 289 g/mol. The quantitative estimate of drug-likeness (QED) is 0.580. The molecule has 0 aliphatic heterocycles. The van der Waals surface area contributed by atoms with Crippen molar-refractivity contribution in [2.24, 2.45) is 0 Å². The van der Waals surface area contributed by atoms with Crippen molar-refractivity contribution in [1.82, 2.24) is 0 Å². The molecule has 0 amide bonds. The van der Waals surface area contributed by atoms with Gasteiger partial charge in [0.1, 0.15) is 11.6 Å². The molecule has 0 N–H and O–H groups in total. The highest BCUT2D eigenvalue weighted by atomic mass is 31.2. The first kappa shape index (κ1) is 15.2. The molecule has 0 unspecified atom stereocenters. The summed E-state index contributed by atoms with van der Waals surface area (Å²) in [6.45, 7) is 2.11. The molecular weight excluding hydrogens is 272 g/mol. The average Bonchev–Trinajstić information content (AvgIpc) is 2.46. The van der Waals surface area contributed by atoms with E-state index in [0.717, 1.165) is 29.6 Å². The molecule has 4 heteroatoms. The fourth-order valence-electron chi connectivity index (χ4n) is 2.23. The van der Waals surface area contributed by atoms with Crippen molar-refractivity contribution in [2.75, 3.05) is 6.16 Å². The summed E-state index contributed by atoms with van der Waals surface area (Å²) in [4.78, 5) is 0. The van der Waals surface area contributed by atoms with E-state index in [-0.39, 0.29) is 11.6 Å². The molecule has 0 saturated carbocycles. The lowest BCUT2D eigenvalue weighted by molar-refractivity contribution is 0.628. The SMILES string of the molecule is [B][P+](CCCC)(c1ccc(F)cc1)c1ccc(F)cc1. The average molecular weight is 289 g/mol. The Hall–Kier alpha value is -1.21. The highest BCUT2D eigenvalue weighted by Crippen LogP contribution is 2.52. The number of benzene rings is 2. The van der Waals surface area contributed by atoms with Crippen LogP contribution in [0.2, 0.25) is 0 Å². The normalized spacial score (nSPS) is 11.6. The van der Waals surface area contributed by atoms with Gasteiger partial charge in [-0.3, -0.25) is 0 Å². The minimum atomic E-state index is -2.06. The van der Waals surface area contributed by atoms with Crippen LogP contribution in [0.4, 0.5) is 8.78 Å². The lowest BCUT2D eigenvalue weighted by atomic mass is 10.3. The predicted octanol–water partition coefficient (Wildman–Crippen LogP) is 3.82. The number of unbranched alkanes of at least 4 members (excludes halogenated alkanes) is 1. The second kappa shape index (κ2) is 6.50. The van der Waals surface area contributed by atoms with E-state index in [1.165, 1.54) is 24.3 Å². The van der Waals surface area contributed by atoms with Crippen molar-refractivity contribution in [2.45, 2.75) is 19.8 Å². The van der Waals surface area contributed by atoms with Gasteiger partial charge in [-0.1, -0.05) is 13.3 Å². The van der Waals surface area contributed by atoms with E-state index in [4.69, 9.17) is 7.57 Å². The standard InChI is InChI=1S/C16H17BF2P/c1-2-3-12-20(17,15-8-4-13(18)5-9-15)16-10-6-14(19)7-11-16/h4-11H,2-3,12H2,1H3/q+1. The van der Waals surface area contributed by atoms with E-state index < -0.39 is 7.14 Å². The van der Waals surface area contributed by atoms with Gasteiger partial charge in [0, 0.05) is 7.14 Å². The van der Waals surface area contributed by atoms with Crippen molar-refractivity contribution >= 4 is 25.3 Å². The Labute approximate surface area is 120 Å². The highest BCUT2D eigenvalue weighted by molar-refractivity contribution is 8.08. The van der Waals surface area contributed by atoms with Gasteiger partial charge in [-0.2, -0.15) is 0 Å². The summed E-state index contributed by atoms with van der Waals surface area (Å²) in [7, 11) is 4.63. The molecule has 0 spiro atoms. The largest absolute Gasteiger partial charge is 0.377 e. The molecule has 20 heavy (non-hydrogen) atoms. The van der Waals surface area contributed by atoms with Gasteiger partial charge in [-0.25, -0.2) is 8.78 Å². The van der Waals surface area contributed by atoms with E-state index in [1.807, 2.05) is 0 Å². The summed E-state index contributed by atoms with van der Waals surface area (Å²) in [5, 5.41) is 1.91. The maximum absolute atomic E-state index is 13.1. The lowest BCUT2D eigenvalue weighted by Gasteiger charge is -2.23. The third-order valence-electron chi connectivity index (χ3n) is 3.44. The second-order valence-corrected chi connectivity index (χ2v) is 8.12. The fourth-order valence-corrected chi connectivity index (χ4v) is 5.22. The van der Waals surface area contributed by atoms with Crippen molar-refractivity contribution < 1.29 is 8.78 Å². The van der Waals surface area contributed by atoms with Gasteiger partial charge in [0.05, 0.1) is 16.8 Å². The van der Waals surface area contributed by atoms with Crippen LogP contribution in [0, 0.1) is 11.6 Å². The van der Waals surface area contributed by atoms with Crippen LogP contribution in [0.25, 0.3) is 0 Å². The Morgan fingerprint density at radius 2 is 1.25 bits per heavy atom. The van der Waals surface area contributed by atoms with Crippen molar-refractivity contribution in [1.29, 1.82) is 0 Å². The van der Waals surface area contributed by atoms with Crippen molar-refractivity contribution in [3.63, 3.8) is 0 Å². The van der Waals surface area contributed by atoms with Gasteiger partial charge in [0.2, 0.25) is 0 Å². The summed E-state index contributed by atoms with van der Waals surface area (Å²) in [5.74, 6) is -0.537. The van der Waals surface area contributed by atoms with Gasteiger partial charge in [-0.05, 0) is 55.0 Å². The summed E-state index contributed by atoms with van der Waals surface area (Å²) in [6, 6.07) is 12.8. The van der Waals surface area contributed by atoms with Crippen LogP contribution < -0.4 is 10.6 Å². The maximum Gasteiger partial charge on any atom is 0.377 e. The van der Waals surface area contributed by atoms with E-state index in [2.05, 4.69) is 6.92 Å². The molecular formula is C16H17BF2P+. The van der Waals surface area contributed by atoms with E-state index in [1.54, 1.807) is 24.3 Å². The lowest BCUT2D eigenvalue weighted by Crippen LogP contribution is -2.25. The third kappa shape index (κ3) is 3.27. The first-order valence-electron chi connectivity index (χ1n) is 6.75. The van der Waals surface area contributed by atoms with Gasteiger partial charge in [-0.15, -0.1) is 0 Å². The van der Waals surface area contributed by atoms with Crippen LogP contribution in [0.3, 0.4) is 0 Å². The van der Waals surface area contributed by atoms with Gasteiger partial charge >= 0.3 is 7.57 Å². The van der Waals surface area contributed by atoms with E-state index >= 15 is 0 Å². The topological polar surface area (TPSA) is 0 Å². The van der Waals surface area contributed by atoms with Gasteiger partial charge in [0.25, 0.3) is 0 Å². The summed E-state index contributed by atoms with van der Waals surface area (Å²) in [5.41, 5.74) is 0. The minimum absolute atomic E-state index is 0.269. The van der Waals surface area contributed by atoms with Crippen LogP contribution in [0.1, 0.15) is 19.8 Å². The van der Waals surface area contributed by atoms with Crippen LogP contribution >= 0.6 is 7.14 Å². The van der Waals surface area contributed by atoms with Crippen molar-refractivity contribution in [3.8, 4) is 0 Å². The molecule has 2 aromatic carbocycles. The Kier molecular flexibility index (Phi) is 4.93. The number of hydrogen-bond acceptors (Lipinski definition) is 0. The first-order valence-corrected chi connectivity index (χ1v) is 8.79. The molecule has 0 saturated heterocycles. The zero-order valence-electron chi connectivity index (χ0n) is 11.5. The predicted molar refractivity (Wildman–Crippen MR) is 84.5 cm³/mol. The van der Waals surface area contributed by atoms with Crippen molar-refractivity contribution in [3.05, 3.63) is 60.2 Å². The molecule has 2 rings (SSSR count). The third-order valence-corrected chi connectivity index (χ3v) is 6.90. The number of rotatable bonds is 5. The Balaban J connectivity index is 2.43. The Morgan fingerprint density at radius 3 is 1.60 bits per heavy atom. The summed E-state index contributed by atoms with van der Waals surface area (Å²) in [6.07, 6.45) is 2.89. The molecule has 2 aromatic rings. The molecule has 0 aromatic heterocycles. The van der Waals surface area contributed by atoms with Crippen LogP contribution in [0.5, 0.6) is 0 Å². The molecule has 0 fully saturated rings. The maximum atomic E-state index is 13.1. The Morgan fingerprint density at radius 1 is 0.850 bits per heavy atom. The zero-order valence-corrected chi connectivity index (χ0v) is 12.4. The van der Waals surface area contributed by atoms with Crippen LogP contribution in [0.15, 0.2) is 48.5 Å². The fraction of sp³-hybridized carbons (Fsp3) is 0.250. The van der Waals surface area contributed by atoms with E-state index in [0.29, 0.717) is 0 Å². The first-order chi connectivity index (χ1) is 9.56. The molecule has 0 aliphatic rings. The minimum Gasteiger partial charge on any atom is -0.207 e.